The average Bonchev–Trinajstić information content (AvgIpc) is 3.21. The summed E-state index contributed by atoms with van der Waals surface area (Å²) in [6.45, 7) is 4.12. The minimum Gasteiger partial charge on any atom is -0.479 e. The highest BCUT2D eigenvalue weighted by molar-refractivity contribution is 6.14. The van der Waals surface area contributed by atoms with Crippen LogP contribution < -0.4 is 0 Å². The molecule has 34 heavy (non-hydrogen) atoms. The summed E-state index contributed by atoms with van der Waals surface area (Å²) in [6, 6.07) is 15.0. The van der Waals surface area contributed by atoms with Crippen molar-refractivity contribution in [3.63, 3.8) is 0 Å². The molecule has 2 aromatic heterocycles. The third-order valence-electron chi connectivity index (χ3n) is 5.38. The van der Waals surface area contributed by atoms with Crippen molar-refractivity contribution in [1.29, 1.82) is 0 Å². The van der Waals surface area contributed by atoms with Crippen molar-refractivity contribution in [2.75, 3.05) is 0 Å². The fourth-order valence-corrected chi connectivity index (χ4v) is 3.45. The maximum absolute atomic E-state index is 13.1. The fraction of sp³-hybridized carbons (Fsp3) is 0.192. The van der Waals surface area contributed by atoms with Crippen molar-refractivity contribution in [1.82, 2.24) is 20.0 Å². The van der Waals surface area contributed by atoms with E-state index < -0.39 is 12.1 Å². The first-order chi connectivity index (χ1) is 16.4. The first-order valence-corrected chi connectivity index (χ1v) is 10.8. The van der Waals surface area contributed by atoms with E-state index in [1.165, 1.54) is 6.92 Å². The molecule has 0 bridgehead atoms. The highest BCUT2D eigenvalue weighted by atomic mass is 16.5. The first-order valence-electron chi connectivity index (χ1n) is 10.8. The van der Waals surface area contributed by atoms with Crippen LogP contribution in [0.5, 0.6) is 0 Å². The zero-order valence-electron chi connectivity index (χ0n) is 18.9. The molecule has 0 spiro atoms. The van der Waals surface area contributed by atoms with Crippen molar-refractivity contribution >= 4 is 28.7 Å². The molecule has 0 aliphatic rings. The van der Waals surface area contributed by atoms with E-state index in [4.69, 9.17) is 9.84 Å². The number of carboxylic acids is 1. The number of rotatable bonds is 9. The molecule has 4 rings (SSSR count). The summed E-state index contributed by atoms with van der Waals surface area (Å²) in [7, 11) is 0. The summed E-state index contributed by atoms with van der Waals surface area (Å²) in [4.78, 5) is 24.0. The van der Waals surface area contributed by atoms with Gasteiger partial charge in [-0.1, -0.05) is 60.2 Å². The zero-order chi connectivity index (χ0) is 24.1. The van der Waals surface area contributed by atoms with Gasteiger partial charge in [0.05, 0.1) is 36.4 Å². The third kappa shape index (κ3) is 5.24. The molecule has 0 saturated carbocycles. The molecule has 0 unspecified atom stereocenters. The van der Waals surface area contributed by atoms with Crippen molar-refractivity contribution in [3.8, 4) is 0 Å². The Morgan fingerprint density at radius 2 is 1.88 bits per heavy atom. The van der Waals surface area contributed by atoms with E-state index in [2.05, 4.69) is 15.3 Å². The lowest BCUT2D eigenvalue weighted by Gasteiger charge is -2.08. The van der Waals surface area contributed by atoms with E-state index >= 15 is 0 Å². The molecule has 0 aliphatic heterocycles. The van der Waals surface area contributed by atoms with Gasteiger partial charge in [-0.3, -0.25) is 9.48 Å². The number of hydrogen-bond donors (Lipinski definition) is 1. The van der Waals surface area contributed by atoms with Crippen molar-refractivity contribution in [3.05, 3.63) is 94.9 Å². The number of carboxylic acid groups (broad SMARTS) is 1. The minimum absolute atomic E-state index is 0.163. The maximum Gasteiger partial charge on any atom is 0.332 e. The quantitative estimate of drug-likeness (QED) is 0.378. The Morgan fingerprint density at radius 1 is 1.12 bits per heavy atom. The zero-order valence-corrected chi connectivity index (χ0v) is 18.9. The number of aliphatic carboxylic acids is 1. The van der Waals surface area contributed by atoms with E-state index in [-0.39, 0.29) is 12.4 Å². The molecule has 2 aromatic carbocycles. The van der Waals surface area contributed by atoms with E-state index in [9.17, 15) is 9.59 Å². The minimum atomic E-state index is -0.993. The van der Waals surface area contributed by atoms with E-state index in [1.807, 2.05) is 55.5 Å². The smallest absolute Gasteiger partial charge is 0.332 e. The Kier molecular flexibility index (Phi) is 6.89. The lowest BCUT2D eigenvalue weighted by atomic mass is 10.1. The molecule has 1 N–H and O–H groups in total. The predicted molar refractivity (Wildman–Crippen MR) is 127 cm³/mol. The highest BCUT2D eigenvalue weighted by Crippen LogP contribution is 2.20. The van der Waals surface area contributed by atoms with Crippen LogP contribution in [0.2, 0.25) is 0 Å². The average molecular weight is 457 g/mol. The van der Waals surface area contributed by atoms with Crippen molar-refractivity contribution in [2.24, 2.45) is 0 Å². The molecule has 0 saturated heterocycles. The van der Waals surface area contributed by atoms with Crippen molar-refractivity contribution in [2.45, 2.75) is 33.1 Å². The van der Waals surface area contributed by atoms with Crippen LogP contribution in [-0.2, 0) is 22.7 Å². The number of ketones is 1. The number of aromatic nitrogens is 4. The van der Waals surface area contributed by atoms with Gasteiger partial charge in [0.25, 0.3) is 0 Å². The maximum atomic E-state index is 13.1. The van der Waals surface area contributed by atoms with Crippen LogP contribution in [0.3, 0.4) is 0 Å². The number of nitrogens with zero attached hydrogens (tertiary/aromatic N) is 4. The Hall–Kier alpha value is -4.17. The summed E-state index contributed by atoms with van der Waals surface area (Å²) in [6.07, 6.45) is 6.17. The second-order valence-corrected chi connectivity index (χ2v) is 7.95. The molecule has 0 fully saturated rings. The number of fused-ring (bicyclic) bond motifs is 1. The molecule has 8 nitrogen and oxygen atoms in total. The number of carbonyl (C=O) groups excluding carboxylic acids is 1. The number of hydrogen-bond acceptors (Lipinski definition) is 6. The van der Waals surface area contributed by atoms with Gasteiger partial charge < -0.3 is 9.84 Å². The van der Waals surface area contributed by atoms with Gasteiger partial charge in [0, 0.05) is 5.56 Å². The third-order valence-corrected chi connectivity index (χ3v) is 5.38. The topological polar surface area (TPSA) is 107 Å². The predicted octanol–water partition coefficient (Wildman–Crippen LogP) is 4.07. The molecule has 172 valence electrons. The second-order valence-electron chi connectivity index (χ2n) is 7.95. The lowest BCUT2D eigenvalue weighted by molar-refractivity contribution is -0.149. The highest BCUT2D eigenvalue weighted by Gasteiger charge is 2.19. The molecule has 0 radical (unpaired) electrons. The van der Waals surface area contributed by atoms with E-state index in [1.54, 1.807) is 29.2 Å². The Bertz CT molecular complexity index is 1360. The number of carbonyl (C=O) groups is 2. The molecule has 0 amide bonds. The summed E-state index contributed by atoms with van der Waals surface area (Å²) >= 11 is 0. The van der Waals surface area contributed by atoms with Crippen LogP contribution in [0.25, 0.3) is 17.0 Å². The summed E-state index contributed by atoms with van der Waals surface area (Å²) in [5, 5.41) is 22.1. The fourth-order valence-electron chi connectivity index (χ4n) is 3.45. The van der Waals surface area contributed by atoms with Crippen molar-refractivity contribution < 1.29 is 19.4 Å². The molecule has 2 heterocycles. The number of benzene rings is 2. The number of aryl methyl sites for hydroxylation is 1. The molecule has 0 aliphatic carbocycles. The normalized spacial score (nSPS) is 12.3. The largest absolute Gasteiger partial charge is 0.479 e. The molecule has 4 aromatic rings. The SMILES string of the molecule is Cc1ccc(C(=O)c2nn(CC=Cc3cccc(CO[C@@H](C)C(=O)O)c3)c3cnncc23)cc1. The van der Waals surface area contributed by atoms with Gasteiger partial charge >= 0.3 is 5.97 Å². The number of ether oxygens (including phenoxy) is 1. The summed E-state index contributed by atoms with van der Waals surface area (Å²) in [5.41, 5.74) is 4.53. The van der Waals surface area contributed by atoms with Gasteiger partial charge in [-0.25, -0.2) is 4.79 Å². The summed E-state index contributed by atoms with van der Waals surface area (Å²) in [5.74, 6) is -1.16. The standard InChI is InChI=1S/C26H24N4O4/c1-17-8-10-21(11-9-17)25(31)24-22-14-27-28-15-23(22)30(29-24)12-4-7-19-5-3-6-20(13-19)16-34-18(2)26(32)33/h3-11,13-15,18H,12,16H2,1-2H3,(H,32,33)/t18-/m0/s1. The molecular formula is C26H24N4O4. The van der Waals surface area contributed by atoms with Gasteiger partial charge in [-0.15, -0.1) is 0 Å². The Labute approximate surface area is 196 Å². The summed E-state index contributed by atoms with van der Waals surface area (Å²) < 4.78 is 7.08. The van der Waals surface area contributed by atoms with Gasteiger partial charge in [0.2, 0.25) is 5.78 Å². The Morgan fingerprint density at radius 3 is 2.65 bits per heavy atom. The van der Waals surface area contributed by atoms with Crippen LogP contribution in [-0.4, -0.2) is 42.9 Å². The van der Waals surface area contributed by atoms with E-state index in [0.717, 1.165) is 22.2 Å². The second kappa shape index (κ2) is 10.2. The Balaban J connectivity index is 1.52. The monoisotopic (exact) mass is 456 g/mol. The lowest BCUT2D eigenvalue weighted by Crippen LogP contribution is -2.19. The van der Waals surface area contributed by atoms with Gasteiger partial charge in [0.1, 0.15) is 5.69 Å². The molecular weight excluding hydrogens is 432 g/mol. The van der Waals surface area contributed by atoms with Crippen LogP contribution in [0.4, 0.5) is 0 Å². The van der Waals surface area contributed by atoms with Gasteiger partial charge in [-0.05, 0) is 31.0 Å². The molecule has 1 atom stereocenters. The number of allylic oxidation sites excluding steroid dienone is 1. The van der Waals surface area contributed by atoms with Crippen LogP contribution in [0.1, 0.15) is 39.7 Å². The van der Waals surface area contributed by atoms with E-state index in [0.29, 0.717) is 23.2 Å². The van der Waals surface area contributed by atoms with Gasteiger partial charge in [0.15, 0.2) is 6.10 Å². The van der Waals surface area contributed by atoms with Crippen LogP contribution in [0, 0.1) is 6.92 Å². The van der Waals surface area contributed by atoms with Crippen LogP contribution >= 0.6 is 0 Å². The van der Waals surface area contributed by atoms with Gasteiger partial charge in [-0.2, -0.15) is 15.3 Å². The molecule has 8 heteroatoms. The first kappa shape index (κ1) is 23.0. The van der Waals surface area contributed by atoms with Crippen LogP contribution in [0.15, 0.2) is 67.0 Å².